The molecule has 1 fully saturated rings. The molecule has 7 nitrogen and oxygen atoms in total. The molecular formula is C23H25N3O4. The number of aromatic nitrogens is 2. The summed E-state index contributed by atoms with van der Waals surface area (Å²) in [5.41, 5.74) is 3.62. The zero-order valence-corrected chi connectivity index (χ0v) is 16.9. The molecule has 0 radical (unpaired) electrons. The normalized spacial score (nSPS) is 22.6. The molecule has 3 atom stereocenters. The van der Waals surface area contributed by atoms with E-state index in [9.17, 15) is 4.79 Å². The second kappa shape index (κ2) is 7.99. The van der Waals surface area contributed by atoms with Crippen molar-refractivity contribution < 1.29 is 19.0 Å². The third-order valence-corrected chi connectivity index (χ3v) is 6.11. The molecule has 2 aromatic heterocycles. The number of carbonyl (C=O) groups is 1. The predicted octanol–water partition coefficient (Wildman–Crippen LogP) is 3.51. The molecule has 156 valence electrons. The number of hydrogen-bond acceptors (Lipinski definition) is 5. The van der Waals surface area contributed by atoms with Crippen LogP contribution in [0, 0.1) is 0 Å². The number of aromatic amines is 1. The zero-order chi connectivity index (χ0) is 20.5. The van der Waals surface area contributed by atoms with E-state index in [-0.39, 0.29) is 30.8 Å². The quantitative estimate of drug-likeness (QED) is 0.655. The maximum atomic E-state index is 12.9. The minimum absolute atomic E-state index is 0.0836. The molecule has 3 aromatic rings. The molecule has 1 aliphatic heterocycles. The number of pyridine rings is 1. The van der Waals surface area contributed by atoms with Crippen LogP contribution in [0.5, 0.6) is 5.88 Å². The van der Waals surface area contributed by atoms with E-state index in [1.165, 1.54) is 16.6 Å². The minimum Gasteiger partial charge on any atom is -0.472 e. The Kier molecular flexibility index (Phi) is 5.04. The zero-order valence-electron chi connectivity index (χ0n) is 16.9. The van der Waals surface area contributed by atoms with Gasteiger partial charge in [-0.15, -0.1) is 0 Å². The maximum absolute atomic E-state index is 12.9. The number of methoxy groups -OCH3 is 1. The van der Waals surface area contributed by atoms with Crippen LogP contribution in [0.3, 0.4) is 0 Å². The van der Waals surface area contributed by atoms with Crippen LogP contribution < -0.4 is 4.74 Å². The number of rotatable bonds is 5. The number of nitrogens with one attached hydrogen (secondary N) is 1. The summed E-state index contributed by atoms with van der Waals surface area (Å²) in [5, 5.41) is 1.22. The lowest BCUT2D eigenvalue weighted by atomic mass is 9.76. The monoisotopic (exact) mass is 407 g/mol. The molecule has 1 aliphatic carbocycles. The van der Waals surface area contributed by atoms with Crippen LogP contribution in [0.25, 0.3) is 10.9 Å². The van der Waals surface area contributed by atoms with E-state index in [4.69, 9.17) is 14.2 Å². The lowest BCUT2D eigenvalue weighted by Gasteiger charge is -2.46. The molecule has 2 bridgehead atoms. The van der Waals surface area contributed by atoms with E-state index >= 15 is 0 Å². The van der Waals surface area contributed by atoms with Crippen molar-refractivity contribution in [3.63, 3.8) is 0 Å². The summed E-state index contributed by atoms with van der Waals surface area (Å²) in [6.07, 6.45) is 2.83. The molecule has 30 heavy (non-hydrogen) atoms. The van der Waals surface area contributed by atoms with Gasteiger partial charge in [-0.1, -0.05) is 24.3 Å². The number of ether oxygens (including phenoxy) is 3. The smallest absolute Gasteiger partial charge is 0.410 e. The third-order valence-electron chi connectivity index (χ3n) is 6.11. The highest BCUT2D eigenvalue weighted by molar-refractivity contribution is 5.85. The van der Waals surface area contributed by atoms with Gasteiger partial charge < -0.3 is 24.1 Å². The van der Waals surface area contributed by atoms with Gasteiger partial charge in [0.25, 0.3) is 0 Å². The second-order valence-corrected chi connectivity index (χ2v) is 7.85. The summed E-state index contributed by atoms with van der Waals surface area (Å²) in [7, 11) is 1.59. The Morgan fingerprint density at radius 1 is 1.20 bits per heavy atom. The Hall–Kier alpha value is -3.06. The summed E-state index contributed by atoms with van der Waals surface area (Å²) in [5.74, 6) is 0.730. The third kappa shape index (κ3) is 3.39. The lowest BCUT2D eigenvalue weighted by Crippen LogP contribution is -2.56. The number of carbonyl (C=O) groups excluding carboxylic acids is 1. The second-order valence-electron chi connectivity index (χ2n) is 7.85. The van der Waals surface area contributed by atoms with Gasteiger partial charge in [-0.05, 0) is 30.5 Å². The fraction of sp³-hybridized carbons (Fsp3) is 0.391. The van der Waals surface area contributed by atoms with Crippen molar-refractivity contribution in [1.29, 1.82) is 0 Å². The summed E-state index contributed by atoms with van der Waals surface area (Å²) >= 11 is 0. The molecule has 0 unspecified atom stereocenters. The van der Waals surface area contributed by atoms with E-state index in [2.05, 4.69) is 28.2 Å². The number of para-hydroxylation sites is 1. The number of hydrogen-bond donors (Lipinski definition) is 1. The molecule has 1 aromatic carbocycles. The first-order valence-electron chi connectivity index (χ1n) is 10.3. The number of likely N-dealkylation sites (tertiary alicyclic amines) is 1. The van der Waals surface area contributed by atoms with Gasteiger partial charge in [-0.3, -0.25) is 0 Å². The van der Waals surface area contributed by atoms with Crippen molar-refractivity contribution in [2.45, 2.75) is 30.9 Å². The van der Waals surface area contributed by atoms with Gasteiger partial charge in [0.15, 0.2) is 0 Å². The van der Waals surface area contributed by atoms with Gasteiger partial charge in [0.2, 0.25) is 5.88 Å². The van der Waals surface area contributed by atoms with Crippen LogP contribution in [-0.2, 0) is 15.9 Å². The number of H-pyrrole nitrogens is 1. The van der Waals surface area contributed by atoms with Crippen LogP contribution in [0.15, 0.2) is 48.7 Å². The topological polar surface area (TPSA) is 76.7 Å². The van der Waals surface area contributed by atoms with Crippen LogP contribution in [0.1, 0.15) is 23.6 Å². The number of fused-ring (bicyclic) bond motifs is 6. The molecule has 7 heteroatoms. The highest BCUT2D eigenvalue weighted by atomic mass is 16.6. The molecule has 1 saturated heterocycles. The summed E-state index contributed by atoms with van der Waals surface area (Å²) in [6.45, 7) is 1.09. The molecule has 0 spiro atoms. The average molecular weight is 407 g/mol. The van der Waals surface area contributed by atoms with Crippen LogP contribution in [-0.4, -0.2) is 60.0 Å². The first kappa shape index (κ1) is 18.9. The Labute approximate surface area is 174 Å². The molecule has 0 saturated carbocycles. The largest absolute Gasteiger partial charge is 0.472 e. The Bertz CT molecular complexity index is 1040. The van der Waals surface area contributed by atoms with Gasteiger partial charge in [-0.25, -0.2) is 9.78 Å². The van der Waals surface area contributed by atoms with Gasteiger partial charge in [0, 0.05) is 47.9 Å². The van der Waals surface area contributed by atoms with Crippen molar-refractivity contribution in [1.82, 2.24) is 14.9 Å². The van der Waals surface area contributed by atoms with Crippen LogP contribution in [0.4, 0.5) is 4.79 Å². The Balaban J connectivity index is 1.49. The Morgan fingerprint density at radius 3 is 2.90 bits per heavy atom. The van der Waals surface area contributed by atoms with Crippen molar-refractivity contribution >= 4 is 17.0 Å². The summed E-state index contributed by atoms with van der Waals surface area (Å²) in [6, 6.07) is 14.0. The van der Waals surface area contributed by atoms with Crippen molar-refractivity contribution in [2.24, 2.45) is 0 Å². The average Bonchev–Trinajstić information content (AvgIpc) is 3.15. The molecule has 3 heterocycles. The number of piperidine rings is 1. The van der Waals surface area contributed by atoms with E-state index < -0.39 is 0 Å². The highest BCUT2D eigenvalue weighted by Crippen LogP contribution is 2.43. The van der Waals surface area contributed by atoms with Crippen LogP contribution >= 0.6 is 0 Å². The Morgan fingerprint density at radius 2 is 2.07 bits per heavy atom. The van der Waals surface area contributed by atoms with E-state index in [1.807, 2.05) is 29.2 Å². The standard InChI is InChI=1S/C23H25N3O4/c1-28-10-11-29-23(27)26-14-20(30-21-8-4-5-9-24-21)18-13-15(26)12-17-16-6-2-3-7-19(16)25-22(17)18/h2-9,15,18,20,25H,10-14H2,1H3/t15-,18+,20-/m0/s1. The SMILES string of the molecule is COCCOC(=O)N1C[C@H](Oc2ccccn2)[C@H]2C[C@@H]1Cc1c2[nH]c2ccccc12. The first-order chi connectivity index (χ1) is 14.7. The van der Waals surface area contributed by atoms with Crippen LogP contribution in [0.2, 0.25) is 0 Å². The highest BCUT2D eigenvalue weighted by Gasteiger charge is 2.45. The fourth-order valence-corrected chi connectivity index (χ4v) is 4.74. The van der Waals surface area contributed by atoms with Gasteiger partial charge >= 0.3 is 6.09 Å². The molecule has 1 N–H and O–H groups in total. The van der Waals surface area contributed by atoms with E-state index in [0.29, 0.717) is 19.0 Å². The molecule has 2 aliphatic rings. The van der Waals surface area contributed by atoms with Crippen molar-refractivity contribution in [3.05, 3.63) is 59.9 Å². The molecule has 5 rings (SSSR count). The summed E-state index contributed by atoms with van der Waals surface area (Å²) in [4.78, 5) is 22.6. The number of amides is 1. The first-order valence-corrected chi connectivity index (χ1v) is 10.3. The van der Waals surface area contributed by atoms with E-state index in [0.717, 1.165) is 18.4 Å². The lowest BCUT2D eigenvalue weighted by molar-refractivity contribution is 0.00738. The van der Waals surface area contributed by atoms with Crippen molar-refractivity contribution in [3.8, 4) is 5.88 Å². The number of benzene rings is 1. The minimum atomic E-state index is -0.312. The maximum Gasteiger partial charge on any atom is 0.410 e. The van der Waals surface area contributed by atoms with Gasteiger partial charge in [-0.2, -0.15) is 0 Å². The van der Waals surface area contributed by atoms with E-state index in [1.54, 1.807) is 13.3 Å². The van der Waals surface area contributed by atoms with Crippen molar-refractivity contribution in [2.75, 3.05) is 26.9 Å². The molecule has 1 amide bonds. The predicted molar refractivity (Wildman–Crippen MR) is 112 cm³/mol. The fourth-order valence-electron chi connectivity index (χ4n) is 4.74. The van der Waals surface area contributed by atoms with Gasteiger partial charge in [0.1, 0.15) is 12.7 Å². The van der Waals surface area contributed by atoms with Gasteiger partial charge in [0.05, 0.1) is 13.2 Å². The summed E-state index contributed by atoms with van der Waals surface area (Å²) < 4.78 is 16.8. The molecular weight excluding hydrogens is 382 g/mol. The number of nitrogens with zero attached hydrogens (tertiary/aromatic N) is 2.